The molecule has 0 saturated carbocycles. The number of Topliss-reactive ketones (excluding diaryl/α,β-unsaturated/α-hetero) is 1. The van der Waals surface area contributed by atoms with Crippen LogP contribution in [0, 0.1) is 10.1 Å². The zero-order valence-corrected chi connectivity index (χ0v) is 13.8. The fourth-order valence-corrected chi connectivity index (χ4v) is 2.23. The number of non-ortho nitro benzene ring substituents is 1. The van der Waals surface area contributed by atoms with Gasteiger partial charge in [0.05, 0.1) is 23.8 Å². The largest absolute Gasteiger partial charge is 0.494 e. The molecule has 24 heavy (non-hydrogen) atoms. The topological polar surface area (TPSA) is 93.5 Å². The summed E-state index contributed by atoms with van der Waals surface area (Å²) < 4.78 is 5.14. The highest BCUT2D eigenvalue weighted by Crippen LogP contribution is 2.29. The van der Waals surface area contributed by atoms with Crippen LogP contribution >= 0.6 is 12.2 Å². The number of ketones is 1. The van der Waals surface area contributed by atoms with Gasteiger partial charge in [-0.2, -0.15) is 0 Å². The van der Waals surface area contributed by atoms with Crippen LogP contribution in [0.25, 0.3) is 0 Å². The van der Waals surface area contributed by atoms with Gasteiger partial charge in [-0.15, -0.1) is 0 Å². The Bertz CT molecular complexity index is 808. The first-order valence-electron chi connectivity index (χ1n) is 6.92. The lowest BCUT2D eigenvalue weighted by molar-refractivity contribution is -0.384. The summed E-state index contributed by atoms with van der Waals surface area (Å²) in [5, 5.41) is 16.9. The maximum Gasteiger partial charge on any atom is 0.273 e. The van der Waals surface area contributed by atoms with Crippen LogP contribution in [0.2, 0.25) is 0 Å². The van der Waals surface area contributed by atoms with E-state index in [0.29, 0.717) is 22.7 Å². The Morgan fingerprint density at radius 2 is 1.96 bits per heavy atom. The van der Waals surface area contributed by atoms with Gasteiger partial charge < -0.3 is 15.4 Å². The first-order valence-corrected chi connectivity index (χ1v) is 7.33. The van der Waals surface area contributed by atoms with Gasteiger partial charge >= 0.3 is 0 Å². The number of hydrogen-bond donors (Lipinski definition) is 2. The molecule has 0 saturated heterocycles. The number of nitrogens with one attached hydrogen (secondary N) is 2. The number of rotatable bonds is 5. The summed E-state index contributed by atoms with van der Waals surface area (Å²) in [5.41, 5.74) is 1.63. The number of nitro groups is 1. The second-order valence-electron chi connectivity index (χ2n) is 4.86. The Hall–Kier alpha value is -3.00. The van der Waals surface area contributed by atoms with E-state index in [-0.39, 0.29) is 16.6 Å². The molecular weight excluding hydrogens is 330 g/mol. The van der Waals surface area contributed by atoms with Crippen molar-refractivity contribution in [2.45, 2.75) is 6.92 Å². The SMILES string of the molecule is COc1cc([N+](=O)[O-])ccc1NC(=S)Nc1cccc(C(C)=O)c1. The minimum atomic E-state index is -0.504. The van der Waals surface area contributed by atoms with Gasteiger partial charge in [0.1, 0.15) is 5.75 Å². The molecule has 0 atom stereocenters. The van der Waals surface area contributed by atoms with Crippen LogP contribution in [0.5, 0.6) is 5.75 Å². The molecule has 0 unspecified atom stereocenters. The lowest BCUT2D eigenvalue weighted by atomic mass is 10.1. The molecule has 0 heterocycles. The van der Waals surface area contributed by atoms with Gasteiger partial charge in [-0.1, -0.05) is 12.1 Å². The fourth-order valence-electron chi connectivity index (χ4n) is 2.00. The maximum atomic E-state index is 11.4. The molecule has 2 rings (SSSR count). The molecule has 2 aromatic rings. The van der Waals surface area contributed by atoms with Gasteiger partial charge in [0.2, 0.25) is 0 Å². The molecule has 0 aromatic heterocycles. The molecule has 0 aliphatic rings. The van der Waals surface area contributed by atoms with Gasteiger partial charge in [-0.05, 0) is 37.3 Å². The van der Waals surface area contributed by atoms with Crippen molar-refractivity contribution in [3.63, 3.8) is 0 Å². The number of thiocarbonyl (C=S) groups is 1. The molecule has 0 spiro atoms. The zero-order chi connectivity index (χ0) is 17.7. The quantitative estimate of drug-likeness (QED) is 0.370. The van der Waals surface area contributed by atoms with Gasteiger partial charge in [-0.3, -0.25) is 14.9 Å². The summed E-state index contributed by atoms with van der Waals surface area (Å²) in [5.74, 6) is 0.250. The molecular formula is C16H15N3O4S. The zero-order valence-electron chi connectivity index (χ0n) is 13.0. The molecule has 0 fully saturated rings. The second-order valence-corrected chi connectivity index (χ2v) is 5.27. The van der Waals surface area contributed by atoms with Crippen molar-refractivity contribution in [1.29, 1.82) is 0 Å². The molecule has 2 N–H and O–H groups in total. The monoisotopic (exact) mass is 345 g/mol. The van der Waals surface area contributed by atoms with Crippen LogP contribution < -0.4 is 15.4 Å². The fraction of sp³-hybridized carbons (Fsp3) is 0.125. The van der Waals surface area contributed by atoms with Crippen LogP contribution in [0.4, 0.5) is 17.1 Å². The molecule has 0 aliphatic heterocycles. The smallest absolute Gasteiger partial charge is 0.273 e. The second kappa shape index (κ2) is 7.51. The first kappa shape index (κ1) is 17.4. The maximum absolute atomic E-state index is 11.4. The van der Waals surface area contributed by atoms with Crippen molar-refractivity contribution in [3.8, 4) is 5.75 Å². The number of carbonyl (C=O) groups excluding carboxylic acids is 1. The minimum absolute atomic E-state index is 0.0467. The highest BCUT2D eigenvalue weighted by atomic mass is 32.1. The third kappa shape index (κ3) is 4.26. The summed E-state index contributed by atoms with van der Waals surface area (Å²) in [6.45, 7) is 1.48. The number of methoxy groups -OCH3 is 1. The molecule has 0 radical (unpaired) electrons. The van der Waals surface area contributed by atoms with Gasteiger partial charge in [0, 0.05) is 17.3 Å². The predicted octanol–water partition coefficient (Wildman–Crippen LogP) is 3.61. The number of ether oxygens (including phenoxy) is 1. The van der Waals surface area contributed by atoms with E-state index in [0.717, 1.165) is 0 Å². The van der Waals surface area contributed by atoms with Crippen molar-refractivity contribution in [1.82, 2.24) is 0 Å². The van der Waals surface area contributed by atoms with E-state index in [2.05, 4.69) is 10.6 Å². The van der Waals surface area contributed by atoms with Crippen molar-refractivity contribution >= 4 is 40.2 Å². The van der Waals surface area contributed by atoms with Crippen LogP contribution in [0.1, 0.15) is 17.3 Å². The lowest BCUT2D eigenvalue weighted by Gasteiger charge is -2.13. The van der Waals surface area contributed by atoms with E-state index in [1.165, 1.54) is 32.2 Å². The van der Waals surface area contributed by atoms with E-state index < -0.39 is 4.92 Å². The van der Waals surface area contributed by atoms with E-state index in [1.54, 1.807) is 24.3 Å². The van der Waals surface area contributed by atoms with Crippen LogP contribution in [-0.4, -0.2) is 22.9 Å². The summed E-state index contributed by atoms with van der Waals surface area (Å²) in [4.78, 5) is 21.7. The number of benzene rings is 2. The highest BCUT2D eigenvalue weighted by Gasteiger charge is 2.12. The Morgan fingerprint density at radius 1 is 1.21 bits per heavy atom. The van der Waals surface area contributed by atoms with Crippen LogP contribution in [0.3, 0.4) is 0 Å². The molecule has 2 aromatic carbocycles. The van der Waals surface area contributed by atoms with E-state index in [9.17, 15) is 14.9 Å². The van der Waals surface area contributed by atoms with Crippen molar-refractivity contribution in [2.24, 2.45) is 0 Å². The van der Waals surface area contributed by atoms with E-state index in [4.69, 9.17) is 17.0 Å². The van der Waals surface area contributed by atoms with Crippen molar-refractivity contribution in [3.05, 3.63) is 58.1 Å². The Labute approximate surface area is 143 Å². The highest BCUT2D eigenvalue weighted by molar-refractivity contribution is 7.80. The van der Waals surface area contributed by atoms with E-state index >= 15 is 0 Å². The van der Waals surface area contributed by atoms with Gasteiger partial charge in [-0.25, -0.2) is 0 Å². The summed E-state index contributed by atoms with van der Waals surface area (Å²) in [7, 11) is 1.41. The Morgan fingerprint density at radius 3 is 2.58 bits per heavy atom. The minimum Gasteiger partial charge on any atom is -0.494 e. The van der Waals surface area contributed by atoms with Crippen LogP contribution in [-0.2, 0) is 0 Å². The molecule has 124 valence electrons. The molecule has 0 bridgehead atoms. The summed E-state index contributed by atoms with van der Waals surface area (Å²) in [6.07, 6.45) is 0. The normalized spacial score (nSPS) is 9.92. The third-order valence-corrected chi connectivity index (χ3v) is 3.38. The summed E-state index contributed by atoms with van der Waals surface area (Å²) in [6, 6.07) is 11.1. The predicted molar refractivity (Wildman–Crippen MR) is 95.9 cm³/mol. The molecule has 8 heteroatoms. The number of hydrogen-bond acceptors (Lipinski definition) is 5. The number of anilines is 2. The van der Waals surface area contributed by atoms with Gasteiger partial charge in [0.25, 0.3) is 5.69 Å². The van der Waals surface area contributed by atoms with Crippen LogP contribution in [0.15, 0.2) is 42.5 Å². The Kier molecular flexibility index (Phi) is 5.43. The average molecular weight is 345 g/mol. The van der Waals surface area contributed by atoms with E-state index in [1.807, 2.05) is 0 Å². The van der Waals surface area contributed by atoms with Crippen molar-refractivity contribution in [2.75, 3.05) is 17.7 Å². The molecule has 7 nitrogen and oxygen atoms in total. The molecule has 0 aliphatic carbocycles. The average Bonchev–Trinajstić information content (AvgIpc) is 2.55. The third-order valence-electron chi connectivity index (χ3n) is 3.17. The number of nitrogens with zero attached hydrogens (tertiary/aromatic N) is 1. The lowest BCUT2D eigenvalue weighted by Crippen LogP contribution is -2.19. The van der Waals surface area contributed by atoms with Gasteiger partial charge in [0.15, 0.2) is 10.9 Å². The number of carbonyl (C=O) groups is 1. The molecule has 0 amide bonds. The first-order chi connectivity index (χ1) is 11.4. The summed E-state index contributed by atoms with van der Waals surface area (Å²) >= 11 is 5.22. The Balaban J connectivity index is 2.14. The number of nitro benzene ring substituents is 1. The van der Waals surface area contributed by atoms with Crippen molar-refractivity contribution < 1.29 is 14.5 Å². The standard InChI is InChI=1S/C16H15N3O4S/c1-10(20)11-4-3-5-12(8-11)17-16(24)18-14-7-6-13(19(21)22)9-15(14)23-2/h3-9H,1-2H3,(H2,17,18,24).